The van der Waals surface area contributed by atoms with Gasteiger partial charge in [0.25, 0.3) is 5.91 Å². The first-order valence-electron chi connectivity index (χ1n) is 7.11. The minimum Gasteiger partial charge on any atom is -0.462 e. The number of aryl methyl sites for hydroxylation is 1. The number of sulfone groups is 1. The molecule has 0 atom stereocenters. The number of hydrogen-bond acceptors (Lipinski definition) is 6. The molecule has 0 saturated carbocycles. The second-order valence-electron chi connectivity index (χ2n) is 5.09. The van der Waals surface area contributed by atoms with Crippen molar-refractivity contribution in [2.75, 3.05) is 18.2 Å². The summed E-state index contributed by atoms with van der Waals surface area (Å²) in [6, 6.07) is 7.35. The van der Waals surface area contributed by atoms with E-state index in [1.165, 1.54) is 24.3 Å². The van der Waals surface area contributed by atoms with Gasteiger partial charge in [-0.05, 0) is 49.7 Å². The van der Waals surface area contributed by atoms with Crippen molar-refractivity contribution in [3.63, 3.8) is 0 Å². The van der Waals surface area contributed by atoms with E-state index in [0.29, 0.717) is 15.4 Å². The van der Waals surface area contributed by atoms with Crippen molar-refractivity contribution in [1.29, 1.82) is 0 Å². The van der Waals surface area contributed by atoms with Crippen LogP contribution in [0.5, 0.6) is 0 Å². The lowest BCUT2D eigenvalue weighted by atomic mass is 10.2. The molecule has 0 saturated heterocycles. The third-order valence-electron chi connectivity index (χ3n) is 3.16. The van der Waals surface area contributed by atoms with Crippen LogP contribution in [0.4, 0.5) is 5.00 Å². The Hall–Kier alpha value is -2.19. The normalized spacial score (nSPS) is 11.1. The van der Waals surface area contributed by atoms with Gasteiger partial charge in [-0.2, -0.15) is 0 Å². The molecule has 2 aromatic rings. The summed E-state index contributed by atoms with van der Waals surface area (Å²) in [5.74, 6) is -0.801. The molecule has 0 aliphatic rings. The number of benzene rings is 1. The highest BCUT2D eigenvalue weighted by atomic mass is 32.2. The zero-order valence-corrected chi connectivity index (χ0v) is 15.1. The number of rotatable bonds is 5. The molecule has 0 spiro atoms. The SMILES string of the molecule is CCOC(=O)c1sc(NC(=O)c2ccc(S(C)(=O)=O)cc2)cc1C. The zero-order valence-electron chi connectivity index (χ0n) is 13.5. The highest BCUT2D eigenvalue weighted by molar-refractivity contribution is 7.90. The van der Waals surface area contributed by atoms with E-state index in [0.717, 1.165) is 23.2 Å². The number of carbonyl (C=O) groups is 2. The molecular formula is C16H17NO5S2. The van der Waals surface area contributed by atoms with Crippen LogP contribution in [0.15, 0.2) is 35.2 Å². The van der Waals surface area contributed by atoms with Crippen LogP contribution < -0.4 is 5.32 Å². The van der Waals surface area contributed by atoms with Gasteiger partial charge in [-0.1, -0.05) is 0 Å². The Bertz CT molecular complexity index is 866. The molecule has 0 aliphatic carbocycles. The monoisotopic (exact) mass is 367 g/mol. The number of esters is 1. The Labute approximate surface area is 144 Å². The number of thiophene rings is 1. The van der Waals surface area contributed by atoms with E-state index in [1.54, 1.807) is 19.9 Å². The molecule has 1 heterocycles. The maximum atomic E-state index is 12.2. The van der Waals surface area contributed by atoms with Crippen molar-refractivity contribution >= 4 is 38.1 Å². The molecule has 0 fully saturated rings. The number of nitrogens with one attached hydrogen (secondary N) is 1. The smallest absolute Gasteiger partial charge is 0.348 e. The van der Waals surface area contributed by atoms with Crippen molar-refractivity contribution in [3.8, 4) is 0 Å². The van der Waals surface area contributed by atoms with Gasteiger partial charge in [-0.25, -0.2) is 13.2 Å². The Morgan fingerprint density at radius 2 is 1.83 bits per heavy atom. The summed E-state index contributed by atoms with van der Waals surface area (Å²) < 4.78 is 27.8. The summed E-state index contributed by atoms with van der Waals surface area (Å²) in [6.45, 7) is 3.77. The van der Waals surface area contributed by atoms with Crippen LogP contribution in [0.1, 0.15) is 32.5 Å². The fraction of sp³-hybridized carbons (Fsp3) is 0.250. The summed E-state index contributed by atoms with van der Waals surface area (Å²) in [4.78, 5) is 24.6. The lowest BCUT2D eigenvalue weighted by Crippen LogP contribution is -2.11. The zero-order chi connectivity index (χ0) is 17.9. The van der Waals surface area contributed by atoms with E-state index in [1.807, 2.05) is 0 Å². The highest BCUT2D eigenvalue weighted by Crippen LogP contribution is 2.27. The molecule has 2 rings (SSSR count). The minimum atomic E-state index is -3.30. The van der Waals surface area contributed by atoms with Crippen molar-refractivity contribution in [2.45, 2.75) is 18.7 Å². The molecule has 1 aromatic heterocycles. The quantitative estimate of drug-likeness (QED) is 0.821. The van der Waals surface area contributed by atoms with Crippen LogP contribution in [-0.2, 0) is 14.6 Å². The predicted octanol–water partition coefficient (Wildman–Crippen LogP) is 2.89. The van der Waals surface area contributed by atoms with E-state index in [4.69, 9.17) is 4.74 Å². The molecule has 8 heteroatoms. The fourth-order valence-corrected chi connectivity index (χ4v) is 3.57. The molecular weight excluding hydrogens is 350 g/mol. The Morgan fingerprint density at radius 3 is 2.38 bits per heavy atom. The molecule has 1 aromatic carbocycles. The van der Waals surface area contributed by atoms with Gasteiger partial charge in [0.1, 0.15) is 4.88 Å². The van der Waals surface area contributed by atoms with Crippen LogP contribution in [-0.4, -0.2) is 33.2 Å². The minimum absolute atomic E-state index is 0.149. The fourth-order valence-electron chi connectivity index (χ4n) is 1.98. The summed E-state index contributed by atoms with van der Waals surface area (Å²) in [5.41, 5.74) is 1.05. The van der Waals surface area contributed by atoms with Crippen molar-refractivity contribution in [2.24, 2.45) is 0 Å². The van der Waals surface area contributed by atoms with E-state index in [-0.39, 0.29) is 17.4 Å². The molecule has 0 radical (unpaired) electrons. The van der Waals surface area contributed by atoms with E-state index in [2.05, 4.69) is 5.32 Å². The first-order chi connectivity index (χ1) is 11.2. The number of hydrogen-bond donors (Lipinski definition) is 1. The highest BCUT2D eigenvalue weighted by Gasteiger charge is 2.16. The maximum absolute atomic E-state index is 12.2. The Kier molecular flexibility index (Phi) is 5.40. The number of amides is 1. The van der Waals surface area contributed by atoms with Crippen LogP contribution in [0.25, 0.3) is 0 Å². The van der Waals surface area contributed by atoms with Crippen LogP contribution in [0.2, 0.25) is 0 Å². The third-order valence-corrected chi connectivity index (χ3v) is 5.42. The average molecular weight is 367 g/mol. The van der Waals surface area contributed by atoms with Crippen LogP contribution in [0, 0.1) is 6.92 Å². The molecule has 128 valence electrons. The van der Waals surface area contributed by atoms with E-state index < -0.39 is 15.8 Å². The van der Waals surface area contributed by atoms with Gasteiger partial charge in [-0.3, -0.25) is 4.79 Å². The first kappa shape index (κ1) is 18.2. The van der Waals surface area contributed by atoms with Crippen molar-refractivity contribution < 1.29 is 22.7 Å². The molecule has 1 amide bonds. The lowest BCUT2D eigenvalue weighted by molar-refractivity contribution is 0.0531. The summed E-state index contributed by atoms with van der Waals surface area (Å²) in [7, 11) is -3.30. The molecule has 0 unspecified atom stereocenters. The molecule has 6 nitrogen and oxygen atoms in total. The van der Waals surface area contributed by atoms with Gasteiger partial charge in [0.2, 0.25) is 0 Å². The van der Waals surface area contributed by atoms with E-state index >= 15 is 0 Å². The Morgan fingerprint density at radius 1 is 1.21 bits per heavy atom. The largest absolute Gasteiger partial charge is 0.462 e. The van der Waals surface area contributed by atoms with Crippen molar-refractivity contribution in [1.82, 2.24) is 0 Å². The van der Waals surface area contributed by atoms with Gasteiger partial charge in [-0.15, -0.1) is 11.3 Å². The van der Waals surface area contributed by atoms with Gasteiger partial charge in [0.15, 0.2) is 9.84 Å². The van der Waals surface area contributed by atoms with Crippen molar-refractivity contribution in [3.05, 3.63) is 46.3 Å². The van der Waals surface area contributed by atoms with Crippen LogP contribution in [0.3, 0.4) is 0 Å². The van der Waals surface area contributed by atoms with E-state index in [9.17, 15) is 18.0 Å². The second kappa shape index (κ2) is 7.14. The van der Waals surface area contributed by atoms with Crippen LogP contribution >= 0.6 is 11.3 Å². The number of ether oxygens (including phenoxy) is 1. The Balaban J connectivity index is 2.15. The first-order valence-corrected chi connectivity index (χ1v) is 9.82. The topological polar surface area (TPSA) is 89.5 Å². The molecule has 1 N–H and O–H groups in total. The summed E-state index contributed by atoms with van der Waals surface area (Å²) >= 11 is 1.14. The predicted molar refractivity (Wildman–Crippen MR) is 92.5 cm³/mol. The van der Waals surface area contributed by atoms with Gasteiger partial charge in [0.05, 0.1) is 16.5 Å². The maximum Gasteiger partial charge on any atom is 0.348 e. The molecule has 0 aliphatic heterocycles. The number of carbonyl (C=O) groups excluding carboxylic acids is 2. The second-order valence-corrected chi connectivity index (χ2v) is 8.16. The number of anilines is 1. The molecule has 24 heavy (non-hydrogen) atoms. The van der Waals surface area contributed by atoms with Gasteiger partial charge >= 0.3 is 5.97 Å². The molecule has 0 bridgehead atoms. The van der Waals surface area contributed by atoms with Gasteiger partial charge < -0.3 is 10.1 Å². The van der Waals surface area contributed by atoms with Gasteiger partial charge in [0, 0.05) is 11.8 Å². The lowest BCUT2D eigenvalue weighted by Gasteiger charge is -2.04. The summed E-state index contributed by atoms with van der Waals surface area (Å²) in [6.07, 6.45) is 1.10. The average Bonchev–Trinajstić information content (AvgIpc) is 2.87. The standard InChI is InChI=1S/C16H17NO5S2/c1-4-22-16(19)14-10(2)9-13(23-14)17-15(18)11-5-7-12(8-6-11)24(3,20)21/h5-9H,4H2,1-3H3,(H,17,18). The summed E-state index contributed by atoms with van der Waals surface area (Å²) in [5, 5.41) is 3.22. The third kappa shape index (κ3) is 4.21.